The molecule has 1 amide bonds. The predicted molar refractivity (Wildman–Crippen MR) is 114 cm³/mol. The maximum absolute atomic E-state index is 14.3. The molecule has 0 aliphatic carbocycles. The second-order valence-electron chi connectivity index (χ2n) is 8.08. The Morgan fingerprint density at radius 2 is 2.17 bits per heavy atom. The third kappa shape index (κ3) is 4.99. The van der Waals surface area contributed by atoms with Crippen LogP contribution in [0.15, 0.2) is 42.6 Å². The Balaban J connectivity index is 1.50. The van der Waals surface area contributed by atoms with E-state index in [0.717, 1.165) is 44.5 Å². The summed E-state index contributed by atoms with van der Waals surface area (Å²) in [5.41, 5.74) is 1.37. The van der Waals surface area contributed by atoms with Crippen LogP contribution in [0.2, 0.25) is 5.02 Å². The Hall–Kier alpha value is -2.02. The van der Waals surface area contributed by atoms with E-state index >= 15 is 0 Å². The summed E-state index contributed by atoms with van der Waals surface area (Å²) in [7, 11) is 0. The number of ether oxygens (including phenoxy) is 1. The number of likely N-dealkylation sites (tertiary alicyclic amines) is 1. The van der Waals surface area contributed by atoms with E-state index in [4.69, 9.17) is 16.3 Å². The zero-order valence-corrected chi connectivity index (χ0v) is 17.7. The molecule has 30 heavy (non-hydrogen) atoms. The first kappa shape index (κ1) is 21.2. The van der Waals surface area contributed by atoms with Crippen LogP contribution in [0.25, 0.3) is 0 Å². The van der Waals surface area contributed by atoms with Gasteiger partial charge in [0.2, 0.25) is 5.91 Å². The lowest BCUT2D eigenvalue weighted by Crippen LogP contribution is -2.45. The number of piperidine rings is 1. The van der Waals surface area contributed by atoms with Crippen molar-refractivity contribution in [3.63, 3.8) is 0 Å². The molecule has 160 valence electrons. The molecule has 3 atom stereocenters. The smallest absolute Gasteiger partial charge is 0.249 e. The van der Waals surface area contributed by atoms with Gasteiger partial charge in [0.25, 0.3) is 0 Å². The summed E-state index contributed by atoms with van der Waals surface area (Å²) in [6, 6.07) is 10.3. The number of hydrogen-bond acceptors (Lipinski definition) is 4. The average molecular weight is 432 g/mol. The van der Waals surface area contributed by atoms with Crippen molar-refractivity contribution in [3.8, 4) is 0 Å². The minimum Gasteiger partial charge on any atom is -0.368 e. The second-order valence-corrected chi connectivity index (χ2v) is 8.49. The minimum absolute atomic E-state index is 0.0718. The Morgan fingerprint density at radius 1 is 1.27 bits per heavy atom. The monoisotopic (exact) mass is 431 g/mol. The first-order chi connectivity index (χ1) is 14.6. The quantitative estimate of drug-likeness (QED) is 0.747. The molecule has 4 rings (SSSR count). The molecule has 2 aliphatic heterocycles. The van der Waals surface area contributed by atoms with Crippen LogP contribution in [0.3, 0.4) is 0 Å². The maximum Gasteiger partial charge on any atom is 0.249 e. The number of rotatable bonds is 6. The summed E-state index contributed by atoms with van der Waals surface area (Å²) in [5, 5.41) is 3.65. The van der Waals surface area contributed by atoms with Gasteiger partial charge in [-0.1, -0.05) is 23.7 Å². The number of carbonyl (C=O) groups is 1. The van der Waals surface area contributed by atoms with Crippen molar-refractivity contribution in [2.45, 2.75) is 44.4 Å². The lowest BCUT2D eigenvalue weighted by Gasteiger charge is -2.37. The van der Waals surface area contributed by atoms with Crippen molar-refractivity contribution in [1.82, 2.24) is 15.2 Å². The van der Waals surface area contributed by atoms with Crippen LogP contribution in [0, 0.1) is 11.7 Å². The number of hydrogen-bond donors (Lipinski definition) is 1. The largest absolute Gasteiger partial charge is 0.368 e. The van der Waals surface area contributed by atoms with Crippen molar-refractivity contribution in [1.29, 1.82) is 0 Å². The van der Waals surface area contributed by atoms with Gasteiger partial charge in [-0.3, -0.25) is 14.7 Å². The summed E-state index contributed by atoms with van der Waals surface area (Å²) in [5.74, 6) is -0.181. The summed E-state index contributed by atoms with van der Waals surface area (Å²) in [4.78, 5) is 19.5. The Morgan fingerprint density at radius 3 is 2.90 bits per heavy atom. The molecule has 0 radical (unpaired) electrons. The molecular weight excluding hydrogens is 405 g/mol. The van der Waals surface area contributed by atoms with Crippen LogP contribution in [0.1, 0.15) is 43.0 Å². The van der Waals surface area contributed by atoms with Gasteiger partial charge in [0, 0.05) is 36.5 Å². The Labute approximate surface area is 181 Å². The predicted octanol–water partition coefficient (Wildman–Crippen LogP) is 4.12. The summed E-state index contributed by atoms with van der Waals surface area (Å²) < 4.78 is 19.8. The topological polar surface area (TPSA) is 54.5 Å². The van der Waals surface area contributed by atoms with E-state index < -0.39 is 0 Å². The molecule has 1 aromatic carbocycles. The molecule has 1 N–H and O–H groups in total. The zero-order valence-electron chi connectivity index (χ0n) is 16.9. The van der Waals surface area contributed by atoms with Gasteiger partial charge < -0.3 is 10.1 Å². The number of nitrogens with zero attached hydrogens (tertiary/aromatic N) is 2. The van der Waals surface area contributed by atoms with Crippen LogP contribution in [0.5, 0.6) is 0 Å². The van der Waals surface area contributed by atoms with Crippen LogP contribution >= 0.6 is 11.6 Å². The molecule has 5 nitrogen and oxygen atoms in total. The fraction of sp³-hybridized carbons (Fsp3) is 0.478. The zero-order chi connectivity index (χ0) is 20.9. The molecule has 2 aliphatic rings. The fourth-order valence-corrected chi connectivity index (χ4v) is 4.66. The Bertz CT molecular complexity index is 841. The van der Waals surface area contributed by atoms with Gasteiger partial charge in [0.15, 0.2) is 0 Å². The molecule has 0 unspecified atom stereocenters. The van der Waals surface area contributed by atoms with Gasteiger partial charge >= 0.3 is 0 Å². The van der Waals surface area contributed by atoms with Crippen molar-refractivity contribution < 1.29 is 13.9 Å². The molecule has 3 heterocycles. The third-order valence-electron chi connectivity index (χ3n) is 5.98. The van der Waals surface area contributed by atoms with E-state index in [0.29, 0.717) is 23.7 Å². The van der Waals surface area contributed by atoms with Gasteiger partial charge in [0.1, 0.15) is 11.9 Å². The molecular formula is C23H27ClFN3O2. The van der Waals surface area contributed by atoms with E-state index in [1.165, 1.54) is 6.07 Å². The summed E-state index contributed by atoms with van der Waals surface area (Å²) in [6.45, 7) is 2.69. The highest BCUT2D eigenvalue weighted by molar-refractivity contribution is 6.31. The highest BCUT2D eigenvalue weighted by Crippen LogP contribution is 2.31. The van der Waals surface area contributed by atoms with E-state index in [-0.39, 0.29) is 29.8 Å². The molecule has 0 bridgehead atoms. The van der Waals surface area contributed by atoms with Crippen LogP contribution in [0.4, 0.5) is 4.39 Å². The van der Waals surface area contributed by atoms with Gasteiger partial charge in [0.05, 0.1) is 11.7 Å². The van der Waals surface area contributed by atoms with Crippen molar-refractivity contribution in [2.24, 2.45) is 5.92 Å². The van der Waals surface area contributed by atoms with E-state index in [1.54, 1.807) is 18.3 Å². The number of halogens is 2. The number of nitrogens with one attached hydrogen (secondary N) is 1. The highest BCUT2D eigenvalue weighted by Gasteiger charge is 2.33. The molecule has 0 saturated carbocycles. The van der Waals surface area contributed by atoms with E-state index in [1.807, 2.05) is 18.2 Å². The molecule has 7 heteroatoms. The maximum atomic E-state index is 14.3. The van der Waals surface area contributed by atoms with Crippen molar-refractivity contribution in [2.75, 3.05) is 19.7 Å². The van der Waals surface area contributed by atoms with Gasteiger partial charge in [-0.05, 0) is 62.4 Å². The van der Waals surface area contributed by atoms with Gasteiger partial charge in [-0.25, -0.2) is 4.39 Å². The number of benzene rings is 1. The number of aromatic nitrogens is 1. The van der Waals surface area contributed by atoms with Gasteiger partial charge in [-0.2, -0.15) is 0 Å². The molecule has 1 aromatic heterocycles. The normalized spacial score (nSPS) is 23.3. The van der Waals surface area contributed by atoms with Crippen molar-refractivity contribution >= 4 is 17.5 Å². The fourth-order valence-electron chi connectivity index (χ4n) is 4.44. The standard InChI is InChI=1S/C23H27ClFN3O2/c24-18-7-3-8-19(25)17(18)15-28-12-4-6-16(14-28)22(20-9-1-2-11-26-20)27-23(29)21-10-5-13-30-21/h1-3,7-9,11,16,21-22H,4-6,10,12-15H2,(H,27,29)/t16-,21+,22-/m1/s1. The Kier molecular flexibility index (Phi) is 6.97. The second kappa shape index (κ2) is 9.86. The summed E-state index contributed by atoms with van der Waals surface area (Å²) >= 11 is 6.24. The highest BCUT2D eigenvalue weighted by atomic mass is 35.5. The van der Waals surface area contributed by atoms with Crippen LogP contribution < -0.4 is 5.32 Å². The number of carbonyl (C=O) groups excluding carboxylic acids is 1. The van der Waals surface area contributed by atoms with E-state index in [2.05, 4.69) is 15.2 Å². The molecule has 2 fully saturated rings. The minimum atomic E-state index is -0.381. The average Bonchev–Trinajstić information content (AvgIpc) is 3.31. The first-order valence-corrected chi connectivity index (χ1v) is 11.0. The number of pyridine rings is 1. The number of amides is 1. The molecule has 2 saturated heterocycles. The van der Waals surface area contributed by atoms with E-state index in [9.17, 15) is 9.18 Å². The summed E-state index contributed by atoms with van der Waals surface area (Å²) in [6.07, 6.45) is 4.97. The third-order valence-corrected chi connectivity index (χ3v) is 6.34. The van der Waals surface area contributed by atoms with Gasteiger partial charge in [-0.15, -0.1) is 0 Å². The van der Waals surface area contributed by atoms with Crippen molar-refractivity contribution in [3.05, 3.63) is 64.7 Å². The molecule has 0 spiro atoms. The lowest BCUT2D eigenvalue weighted by atomic mass is 9.88. The lowest BCUT2D eigenvalue weighted by molar-refractivity contribution is -0.131. The van der Waals surface area contributed by atoms with Crippen LogP contribution in [-0.2, 0) is 16.1 Å². The molecule has 2 aromatic rings. The first-order valence-electron chi connectivity index (χ1n) is 10.6. The SMILES string of the molecule is O=C(N[C@@H](c1ccccn1)[C@@H]1CCCN(Cc2c(F)cccc2Cl)C1)[C@@H]1CCCO1. The van der Waals surface area contributed by atoms with Crippen LogP contribution in [-0.4, -0.2) is 41.6 Å².